The molecule has 1 atom stereocenters. The van der Waals surface area contributed by atoms with E-state index in [-0.39, 0.29) is 13.2 Å². The number of aliphatic hydroxyl groups is 1. The van der Waals surface area contributed by atoms with Gasteiger partial charge in [0.2, 0.25) is 0 Å². The number of benzene rings is 4. The molecule has 0 radical (unpaired) electrons. The van der Waals surface area contributed by atoms with Crippen molar-refractivity contribution in [3.63, 3.8) is 0 Å². The summed E-state index contributed by atoms with van der Waals surface area (Å²) in [5.74, 6) is 0.591. The Morgan fingerprint density at radius 3 is 1.55 bits per heavy atom. The van der Waals surface area contributed by atoms with Gasteiger partial charge in [0, 0.05) is 0 Å². The first kappa shape index (κ1) is 22.3. The van der Waals surface area contributed by atoms with Gasteiger partial charge in [-0.25, -0.2) is 0 Å². The Bertz CT molecular complexity index is 1070. The second-order valence-electron chi connectivity index (χ2n) is 7.69. The van der Waals surface area contributed by atoms with Crippen LogP contribution in [0.5, 0.6) is 5.75 Å². The van der Waals surface area contributed by atoms with Crippen LogP contribution in [0.1, 0.15) is 22.3 Å². The molecule has 0 aliphatic carbocycles. The number of nitriles is 1. The molecule has 0 amide bonds. The minimum absolute atomic E-state index is 0.0644. The predicted octanol–water partition coefficient (Wildman–Crippen LogP) is 5.31. The van der Waals surface area contributed by atoms with Gasteiger partial charge in [0.25, 0.3) is 0 Å². The maximum atomic E-state index is 10.7. The molecule has 4 heteroatoms. The molecular weight excluding hydrogens is 410 g/mol. The summed E-state index contributed by atoms with van der Waals surface area (Å²) in [5.41, 5.74) is 2.59. The Kier molecular flexibility index (Phi) is 7.16. The molecule has 0 aromatic heterocycles. The van der Waals surface area contributed by atoms with Crippen molar-refractivity contribution in [2.45, 2.75) is 11.7 Å². The third-order valence-electron chi connectivity index (χ3n) is 5.46. The molecule has 0 saturated heterocycles. The number of nitrogens with zero attached hydrogens (tertiary/aromatic N) is 1. The standard InChI is InChI=1S/C29H25NO3/c30-20-23-16-18-28(19-17-23)32-21-27(31)22-33-29(24-10-4-1-5-11-24,25-12-6-2-7-13-25)26-14-8-3-9-15-26/h1-19,27,31H,21-22H2/t27-/m0/s1. The normalized spacial score (nSPS) is 12.0. The van der Waals surface area contributed by atoms with E-state index in [2.05, 4.69) is 6.07 Å². The average molecular weight is 436 g/mol. The zero-order valence-electron chi connectivity index (χ0n) is 18.2. The molecule has 0 fully saturated rings. The Morgan fingerprint density at radius 1 is 0.667 bits per heavy atom. The Balaban J connectivity index is 1.60. The van der Waals surface area contributed by atoms with Gasteiger partial charge < -0.3 is 14.6 Å². The van der Waals surface area contributed by atoms with Crippen molar-refractivity contribution in [3.05, 3.63) is 138 Å². The highest BCUT2D eigenvalue weighted by Crippen LogP contribution is 2.40. The van der Waals surface area contributed by atoms with Crippen LogP contribution >= 0.6 is 0 Å². The second-order valence-corrected chi connectivity index (χ2v) is 7.69. The third-order valence-corrected chi connectivity index (χ3v) is 5.46. The summed E-state index contributed by atoms with van der Waals surface area (Å²) >= 11 is 0. The highest BCUT2D eigenvalue weighted by molar-refractivity contribution is 5.47. The van der Waals surface area contributed by atoms with Gasteiger partial charge in [-0.2, -0.15) is 5.26 Å². The Morgan fingerprint density at radius 2 is 1.12 bits per heavy atom. The molecule has 0 unspecified atom stereocenters. The van der Waals surface area contributed by atoms with Crippen LogP contribution < -0.4 is 4.74 Å². The first-order valence-corrected chi connectivity index (χ1v) is 10.8. The van der Waals surface area contributed by atoms with Crippen molar-refractivity contribution in [1.29, 1.82) is 5.26 Å². The minimum Gasteiger partial charge on any atom is -0.491 e. The first-order valence-electron chi connectivity index (χ1n) is 10.8. The molecule has 0 heterocycles. The van der Waals surface area contributed by atoms with Crippen LogP contribution in [-0.4, -0.2) is 24.4 Å². The fourth-order valence-electron chi connectivity index (χ4n) is 3.86. The summed E-state index contributed by atoms with van der Waals surface area (Å²) in [6.45, 7) is 0.134. The molecule has 1 N–H and O–H groups in total. The van der Waals surface area contributed by atoms with E-state index in [0.29, 0.717) is 11.3 Å². The maximum absolute atomic E-state index is 10.7. The van der Waals surface area contributed by atoms with Crippen LogP contribution in [0.25, 0.3) is 0 Å². The summed E-state index contributed by atoms with van der Waals surface area (Å²) in [5, 5.41) is 19.6. The smallest absolute Gasteiger partial charge is 0.143 e. The lowest BCUT2D eigenvalue weighted by Crippen LogP contribution is -2.37. The van der Waals surface area contributed by atoms with Crippen molar-refractivity contribution in [1.82, 2.24) is 0 Å². The van der Waals surface area contributed by atoms with Gasteiger partial charge in [0.15, 0.2) is 0 Å². The van der Waals surface area contributed by atoms with Gasteiger partial charge in [-0.1, -0.05) is 91.0 Å². The number of hydrogen-bond acceptors (Lipinski definition) is 4. The zero-order valence-corrected chi connectivity index (χ0v) is 18.2. The van der Waals surface area contributed by atoms with Gasteiger partial charge in [-0.3, -0.25) is 0 Å². The van der Waals surface area contributed by atoms with E-state index in [1.54, 1.807) is 24.3 Å². The molecule has 0 bridgehead atoms. The van der Waals surface area contributed by atoms with Gasteiger partial charge in [-0.15, -0.1) is 0 Å². The monoisotopic (exact) mass is 435 g/mol. The summed E-state index contributed by atoms with van der Waals surface area (Å²) < 4.78 is 12.3. The quantitative estimate of drug-likeness (QED) is 0.362. The first-order chi connectivity index (χ1) is 16.2. The SMILES string of the molecule is N#Cc1ccc(OC[C@H](O)COC(c2ccccc2)(c2ccccc2)c2ccccc2)cc1. The minimum atomic E-state index is -0.890. The van der Waals surface area contributed by atoms with E-state index in [1.165, 1.54) is 0 Å². The summed E-state index contributed by atoms with van der Waals surface area (Å²) in [6, 6.07) is 39.0. The number of rotatable bonds is 9. The number of hydrogen-bond donors (Lipinski definition) is 1. The molecule has 0 spiro atoms. The van der Waals surface area contributed by atoms with Gasteiger partial charge in [0.1, 0.15) is 24.1 Å². The Hall–Kier alpha value is -3.91. The molecule has 4 aromatic carbocycles. The van der Waals surface area contributed by atoms with E-state index >= 15 is 0 Å². The second kappa shape index (κ2) is 10.6. The number of aliphatic hydroxyl groups excluding tert-OH is 1. The number of ether oxygens (including phenoxy) is 2. The van der Waals surface area contributed by atoms with Crippen LogP contribution in [0.3, 0.4) is 0 Å². The lowest BCUT2D eigenvalue weighted by atomic mass is 9.80. The molecule has 0 saturated carbocycles. The topological polar surface area (TPSA) is 62.5 Å². The molecule has 33 heavy (non-hydrogen) atoms. The van der Waals surface area contributed by atoms with Crippen molar-refractivity contribution >= 4 is 0 Å². The van der Waals surface area contributed by atoms with Gasteiger partial charge in [-0.05, 0) is 41.0 Å². The van der Waals surface area contributed by atoms with Crippen LogP contribution in [0.15, 0.2) is 115 Å². The van der Waals surface area contributed by atoms with Crippen LogP contribution in [0.2, 0.25) is 0 Å². The largest absolute Gasteiger partial charge is 0.491 e. The molecular formula is C29H25NO3. The highest BCUT2D eigenvalue weighted by atomic mass is 16.5. The summed E-state index contributed by atoms with van der Waals surface area (Å²) in [7, 11) is 0. The van der Waals surface area contributed by atoms with E-state index in [0.717, 1.165) is 16.7 Å². The fraction of sp³-hybridized carbons (Fsp3) is 0.138. The van der Waals surface area contributed by atoms with E-state index in [4.69, 9.17) is 14.7 Å². The van der Waals surface area contributed by atoms with E-state index in [1.807, 2.05) is 91.0 Å². The summed E-state index contributed by atoms with van der Waals surface area (Å²) in [4.78, 5) is 0. The van der Waals surface area contributed by atoms with Crippen molar-refractivity contribution < 1.29 is 14.6 Å². The fourth-order valence-corrected chi connectivity index (χ4v) is 3.86. The van der Waals surface area contributed by atoms with Crippen LogP contribution in [0, 0.1) is 11.3 Å². The molecule has 0 aliphatic rings. The van der Waals surface area contributed by atoms with Crippen LogP contribution in [-0.2, 0) is 10.3 Å². The molecule has 4 aromatic rings. The zero-order chi connectivity index (χ0) is 22.9. The molecule has 4 nitrogen and oxygen atoms in total. The summed E-state index contributed by atoms with van der Waals surface area (Å²) in [6.07, 6.45) is -0.851. The average Bonchev–Trinajstić information content (AvgIpc) is 2.90. The van der Waals surface area contributed by atoms with Crippen molar-refractivity contribution in [2.24, 2.45) is 0 Å². The van der Waals surface area contributed by atoms with E-state index in [9.17, 15) is 5.11 Å². The lowest BCUT2D eigenvalue weighted by Gasteiger charge is -2.36. The van der Waals surface area contributed by atoms with Gasteiger partial charge >= 0.3 is 0 Å². The van der Waals surface area contributed by atoms with Crippen molar-refractivity contribution in [2.75, 3.05) is 13.2 Å². The van der Waals surface area contributed by atoms with Crippen LogP contribution in [0.4, 0.5) is 0 Å². The van der Waals surface area contributed by atoms with Crippen molar-refractivity contribution in [3.8, 4) is 11.8 Å². The molecule has 0 aliphatic heterocycles. The molecule has 164 valence electrons. The van der Waals surface area contributed by atoms with Gasteiger partial charge in [0.05, 0.1) is 18.2 Å². The molecule has 4 rings (SSSR count). The van der Waals surface area contributed by atoms with E-state index < -0.39 is 11.7 Å². The lowest BCUT2D eigenvalue weighted by molar-refractivity contribution is -0.0493. The maximum Gasteiger partial charge on any atom is 0.143 e. The predicted molar refractivity (Wildman–Crippen MR) is 128 cm³/mol. The third kappa shape index (κ3) is 5.12. The highest BCUT2D eigenvalue weighted by Gasteiger charge is 2.38. The Labute approximate surface area is 194 Å².